The van der Waals surface area contributed by atoms with Crippen LogP contribution in [-0.4, -0.2) is 21.6 Å². The van der Waals surface area contributed by atoms with E-state index in [2.05, 4.69) is 26.3 Å². The van der Waals surface area contributed by atoms with Crippen LogP contribution in [0.5, 0.6) is 0 Å². The highest BCUT2D eigenvalue weighted by atomic mass is 79.9. The number of primary amides is 1. The summed E-state index contributed by atoms with van der Waals surface area (Å²) in [5.74, 6) is -0.787. The van der Waals surface area contributed by atoms with Gasteiger partial charge in [-0.25, -0.2) is 0 Å². The summed E-state index contributed by atoms with van der Waals surface area (Å²) in [4.78, 5) is 25.0. The molecule has 6 nitrogen and oxygen atoms in total. The van der Waals surface area contributed by atoms with Gasteiger partial charge >= 0.3 is 0 Å². The van der Waals surface area contributed by atoms with Gasteiger partial charge in [0, 0.05) is 4.88 Å². The van der Waals surface area contributed by atoms with Gasteiger partial charge in [-0.1, -0.05) is 0 Å². The number of carbonyl (C=O) groups excluding carboxylic acids is 2. The van der Waals surface area contributed by atoms with Crippen molar-refractivity contribution in [1.82, 2.24) is 9.78 Å². The van der Waals surface area contributed by atoms with Gasteiger partial charge in [-0.15, -0.1) is 11.3 Å². The van der Waals surface area contributed by atoms with Crippen molar-refractivity contribution < 1.29 is 9.59 Å². The second kappa shape index (κ2) is 6.21. The first-order valence-corrected chi connectivity index (χ1v) is 8.25. The van der Waals surface area contributed by atoms with Crippen molar-refractivity contribution in [3.63, 3.8) is 0 Å². The van der Waals surface area contributed by atoms with Crippen LogP contribution in [0.15, 0.2) is 10.7 Å². The van der Waals surface area contributed by atoms with E-state index < -0.39 is 11.9 Å². The summed E-state index contributed by atoms with van der Waals surface area (Å²) >= 11 is 4.72. The van der Waals surface area contributed by atoms with E-state index in [1.165, 1.54) is 11.3 Å². The van der Waals surface area contributed by atoms with Gasteiger partial charge < -0.3 is 11.1 Å². The molecule has 2 rings (SSSR count). The van der Waals surface area contributed by atoms with E-state index in [9.17, 15) is 9.59 Å². The predicted molar refractivity (Wildman–Crippen MR) is 90.3 cm³/mol. The molecule has 22 heavy (non-hydrogen) atoms. The molecule has 0 bridgehead atoms. The van der Waals surface area contributed by atoms with E-state index in [1.807, 2.05) is 20.8 Å². The molecule has 2 aromatic heterocycles. The summed E-state index contributed by atoms with van der Waals surface area (Å²) in [5.41, 5.74) is 7.45. The molecule has 0 saturated carbocycles. The molecule has 2 aromatic rings. The summed E-state index contributed by atoms with van der Waals surface area (Å²) < 4.78 is 2.46. The van der Waals surface area contributed by atoms with Gasteiger partial charge in [-0.2, -0.15) is 5.10 Å². The van der Waals surface area contributed by atoms with Gasteiger partial charge in [0.2, 0.25) is 5.91 Å². The number of hydrogen-bond donors (Lipinski definition) is 2. The Morgan fingerprint density at radius 3 is 2.55 bits per heavy atom. The molecule has 1 atom stereocenters. The molecule has 0 spiro atoms. The van der Waals surface area contributed by atoms with E-state index in [0.717, 1.165) is 20.6 Å². The van der Waals surface area contributed by atoms with Gasteiger partial charge in [0.05, 0.1) is 21.9 Å². The fourth-order valence-corrected chi connectivity index (χ4v) is 3.47. The molecule has 0 saturated heterocycles. The molecule has 0 unspecified atom stereocenters. The maximum atomic E-state index is 12.4. The molecule has 0 aliphatic carbocycles. The first kappa shape index (κ1) is 16.7. The first-order chi connectivity index (χ1) is 10.2. The Labute approximate surface area is 140 Å². The largest absolute Gasteiger partial charge is 0.365 e. The number of nitrogens with zero attached hydrogens (tertiary/aromatic N) is 2. The molecule has 0 aliphatic heterocycles. The van der Waals surface area contributed by atoms with Crippen LogP contribution in [0.25, 0.3) is 0 Å². The lowest BCUT2D eigenvalue weighted by Crippen LogP contribution is -2.26. The Bertz CT molecular complexity index is 750. The Balaban J connectivity index is 2.28. The minimum atomic E-state index is -0.539. The van der Waals surface area contributed by atoms with E-state index in [4.69, 9.17) is 5.73 Å². The number of hydrogen-bond acceptors (Lipinski definition) is 4. The maximum absolute atomic E-state index is 12.4. The van der Waals surface area contributed by atoms with Crippen molar-refractivity contribution in [3.8, 4) is 0 Å². The van der Waals surface area contributed by atoms with Crippen LogP contribution in [-0.2, 0) is 4.79 Å². The third kappa shape index (κ3) is 2.93. The second-order valence-corrected chi connectivity index (χ2v) is 7.12. The molecule has 0 aromatic carbocycles. The molecular weight excluding hydrogens is 368 g/mol. The highest BCUT2D eigenvalue weighted by Crippen LogP contribution is 2.32. The molecule has 3 N–H and O–H groups in total. The molecule has 0 aliphatic rings. The van der Waals surface area contributed by atoms with E-state index in [-0.39, 0.29) is 5.91 Å². The SMILES string of the molecule is Cc1sc(NC(=O)[C@@H](C)n2ncc(Br)c2C)c(C(N)=O)c1C. The first-order valence-electron chi connectivity index (χ1n) is 6.64. The van der Waals surface area contributed by atoms with Crippen molar-refractivity contribution in [2.24, 2.45) is 5.73 Å². The zero-order chi connectivity index (χ0) is 16.6. The number of nitrogens with one attached hydrogen (secondary N) is 1. The monoisotopic (exact) mass is 384 g/mol. The fraction of sp³-hybridized carbons (Fsp3) is 0.357. The average molecular weight is 385 g/mol. The molecular formula is C14H17BrN4O2S. The molecule has 2 amide bonds. The number of halogens is 1. The number of rotatable bonds is 4. The Morgan fingerprint density at radius 2 is 2.05 bits per heavy atom. The van der Waals surface area contributed by atoms with E-state index in [0.29, 0.717) is 10.6 Å². The van der Waals surface area contributed by atoms with Crippen LogP contribution in [0.1, 0.15) is 39.5 Å². The zero-order valence-corrected chi connectivity index (χ0v) is 15.1. The van der Waals surface area contributed by atoms with Gasteiger partial charge in [0.1, 0.15) is 11.0 Å². The maximum Gasteiger partial charge on any atom is 0.251 e. The number of thiophene rings is 1. The van der Waals surface area contributed by atoms with Crippen molar-refractivity contribution in [2.45, 2.75) is 33.7 Å². The lowest BCUT2D eigenvalue weighted by atomic mass is 10.1. The lowest BCUT2D eigenvalue weighted by Gasteiger charge is -2.14. The summed E-state index contributed by atoms with van der Waals surface area (Å²) in [6.45, 7) is 7.33. The Kier molecular flexibility index (Phi) is 4.72. The molecule has 118 valence electrons. The van der Waals surface area contributed by atoms with Crippen molar-refractivity contribution in [2.75, 3.05) is 5.32 Å². The molecule has 2 heterocycles. The molecule has 0 radical (unpaired) electrons. The normalized spacial score (nSPS) is 12.2. The second-order valence-electron chi connectivity index (χ2n) is 5.04. The third-order valence-electron chi connectivity index (χ3n) is 3.60. The standard InChI is InChI=1S/C14H17BrN4O2S/c1-6-9(4)22-14(11(6)12(16)20)18-13(21)8(3)19-7(2)10(15)5-17-19/h5,8H,1-4H3,(H2,16,20)(H,18,21)/t8-/m1/s1. The van der Waals surface area contributed by atoms with Crippen LogP contribution < -0.4 is 11.1 Å². The Morgan fingerprint density at radius 1 is 1.41 bits per heavy atom. The van der Waals surface area contributed by atoms with E-state index >= 15 is 0 Å². The van der Waals surface area contributed by atoms with Gasteiger partial charge in [-0.05, 0) is 49.2 Å². The quantitative estimate of drug-likeness (QED) is 0.848. The van der Waals surface area contributed by atoms with Gasteiger partial charge in [0.15, 0.2) is 0 Å². The number of aryl methyl sites for hydroxylation is 1. The van der Waals surface area contributed by atoms with Gasteiger partial charge in [-0.3, -0.25) is 14.3 Å². The van der Waals surface area contributed by atoms with Crippen molar-refractivity contribution in [3.05, 3.63) is 32.4 Å². The third-order valence-corrected chi connectivity index (χ3v) is 5.50. The van der Waals surface area contributed by atoms with Crippen LogP contribution in [0, 0.1) is 20.8 Å². The number of carbonyl (C=O) groups is 2. The summed E-state index contributed by atoms with van der Waals surface area (Å²) in [6, 6.07) is -0.505. The summed E-state index contributed by atoms with van der Waals surface area (Å²) in [5, 5.41) is 7.46. The van der Waals surface area contributed by atoms with Crippen LogP contribution in [0.3, 0.4) is 0 Å². The average Bonchev–Trinajstić information content (AvgIpc) is 2.90. The van der Waals surface area contributed by atoms with E-state index in [1.54, 1.807) is 17.8 Å². The fourth-order valence-electron chi connectivity index (χ4n) is 2.13. The highest BCUT2D eigenvalue weighted by Gasteiger charge is 2.23. The predicted octanol–water partition coefficient (Wildman–Crippen LogP) is 2.93. The number of amides is 2. The number of anilines is 1. The van der Waals surface area contributed by atoms with Crippen LogP contribution in [0.2, 0.25) is 0 Å². The molecule has 8 heteroatoms. The molecule has 0 fully saturated rings. The Hall–Kier alpha value is -1.67. The topological polar surface area (TPSA) is 90.0 Å². The summed E-state index contributed by atoms with van der Waals surface area (Å²) in [7, 11) is 0. The lowest BCUT2D eigenvalue weighted by molar-refractivity contribution is -0.119. The number of nitrogens with two attached hydrogens (primary N) is 1. The minimum absolute atomic E-state index is 0.248. The van der Waals surface area contributed by atoms with Crippen molar-refractivity contribution in [1.29, 1.82) is 0 Å². The van der Waals surface area contributed by atoms with Crippen LogP contribution >= 0.6 is 27.3 Å². The zero-order valence-electron chi connectivity index (χ0n) is 12.7. The number of aromatic nitrogens is 2. The van der Waals surface area contributed by atoms with Gasteiger partial charge in [0.25, 0.3) is 5.91 Å². The van der Waals surface area contributed by atoms with Crippen LogP contribution in [0.4, 0.5) is 5.00 Å². The summed E-state index contributed by atoms with van der Waals surface area (Å²) in [6.07, 6.45) is 1.65. The minimum Gasteiger partial charge on any atom is -0.365 e. The smallest absolute Gasteiger partial charge is 0.251 e. The van der Waals surface area contributed by atoms with Crippen molar-refractivity contribution >= 4 is 44.1 Å². The highest BCUT2D eigenvalue weighted by molar-refractivity contribution is 9.10.